The van der Waals surface area contributed by atoms with Crippen molar-refractivity contribution >= 4 is 12.0 Å². The third-order valence-electron chi connectivity index (χ3n) is 0.834. The molecule has 0 saturated heterocycles. The summed E-state index contributed by atoms with van der Waals surface area (Å²) in [6, 6.07) is 0. The normalized spacial score (nSPS) is 8.42. The Morgan fingerprint density at radius 3 is 2.83 bits per heavy atom. The molecule has 0 radical (unpaired) electrons. The van der Waals surface area contributed by atoms with Crippen molar-refractivity contribution in [2.24, 2.45) is 4.99 Å². The van der Waals surface area contributed by atoms with Crippen LogP contribution in [-0.4, -0.2) is 25.2 Å². The van der Waals surface area contributed by atoms with Crippen molar-refractivity contribution in [1.29, 1.82) is 0 Å². The van der Waals surface area contributed by atoms with Gasteiger partial charge in [0.05, 0.1) is 6.54 Å². The second-order valence-electron chi connectivity index (χ2n) is 1.95. The highest BCUT2D eigenvalue weighted by Crippen LogP contribution is 1.92. The van der Waals surface area contributed by atoms with E-state index in [4.69, 9.17) is 0 Å². The highest BCUT2D eigenvalue weighted by molar-refractivity contribution is 5.86. The Balaban J connectivity index is 3.37. The minimum Gasteiger partial charge on any atom is -0.293 e. The lowest BCUT2D eigenvalue weighted by atomic mass is 10.4. The largest absolute Gasteiger partial charge is 0.368 e. The Morgan fingerprint density at radius 1 is 1.67 bits per heavy atom. The molecule has 0 N–H and O–H groups in total. The van der Waals surface area contributed by atoms with Crippen molar-refractivity contribution in [2.75, 3.05) is 13.2 Å². The first-order chi connectivity index (χ1) is 5.68. The predicted molar refractivity (Wildman–Crippen MR) is 39.8 cm³/mol. The topological polar surface area (TPSA) is 65.0 Å². The first-order valence-electron chi connectivity index (χ1n) is 3.21. The Bertz CT molecular complexity index is 217. The minimum atomic E-state index is -0.634. The summed E-state index contributed by atoms with van der Waals surface area (Å²) in [5.41, 5.74) is 0.244. The summed E-state index contributed by atoms with van der Waals surface area (Å²) in [6.07, 6.45) is 1.32. The van der Waals surface area contributed by atoms with E-state index in [1.807, 2.05) is 0 Å². The Labute approximate surface area is 69.6 Å². The van der Waals surface area contributed by atoms with E-state index in [1.54, 1.807) is 0 Å². The van der Waals surface area contributed by atoms with E-state index < -0.39 is 5.97 Å². The molecule has 0 aromatic heterocycles. The molecule has 5 nitrogen and oxygen atoms in total. The molecule has 0 aromatic rings. The van der Waals surface area contributed by atoms with Gasteiger partial charge >= 0.3 is 5.97 Å². The van der Waals surface area contributed by atoms with Crippen LogP contribution < -0.4 is 0 Å². The molecule has 0 amide bonds. The summed E-state index contributed by atoms with van der Waals surface area (Å²) >= 11 is 0. The third kappa shape index (κ3) is 5.34. The number of rotatable bonds is 5. The fourth-order valence-electron chi connectivity index (χ4n) is 0.295. The summed E-state index contributed by atoms with van der Waals surface area (Å²) in [6.45, 7) is 4.98. The molecule has 0 aliphatic rings. The molecule has 0 aromatic carbocycles. The predicted octanol–water partition coefficient (Wildman–Crippen LogP) is 0.373. The summed E-state index contributed by atoms with van der Waals surface area (Å²) in [5, 5.41) is 0. The zero-order valence-corrected chi connectivity index (χ0v) is 6.70. The molecule has 66 valence electrons. The zero-order valence-electron chi connectivity index (χ0n) is 6.70. The van der Waals surface area contributed by atoms with Gasteiger partial charge in [-0.25, -0.2) is 14.6 Å². The maximum Gasteiger partial charge on any atom is 0.368 e. The minimum absolute atomic E-state index is 0.0360. The molecule has 12 heavy (non-hydrogen) atoms. The van der Waals surface area contributed by atoms with Crippen molar-refractivity contribution in [3.63, 3.8) is 0 Å². The van der Waals surface area contributed by atoms with Crippen LogP contribution in [0.15, 0.2) is 17.1 Å². The van der Waals surface area contributed by atoms with Crippen molar-refractivity contribution in [2.45, 2.75) is 6.92 Å². The third-order valence-corrected chi connectivity index (χ3v) is 0.834. The van der Waals surface area contributed by atoms with Crippen LogP contribution in [0.3, 0.4) is 0 Å². The second-order valence-corrected chi connectivity index (χ2v) is 1.95. The van der Waals surface area contributed by atoms with Crippen molar-refractivity contribution in [3.05, 3.63) is 12.2 Å². The Morgan fingerprint density at radius 2 is 2.33 bits per heavy atom. The molecule has 0 unspecified atom stereocenters. The van der Waals surface area contributed by atoms with Crippen LogP contribution in [0.5, 0.6) is 0 Å². The number of carbonyl (C=O) groups is 1. The van der Waals surface area contributed by atoms with Gasteiger partial charge in [-0.1, -0.05) is 6.58 Å². The van der Waals surface area contributed by atoms with Gasteiger partial charge in [0.2, 0.25) is 6.08 Å². The highest BCUT2D eigenvalue weighted by Gasteiger charge is 2.02. The van der Waals surface area contributed by atoms with Gasteiger partial charge in [-0.05, 0) is 6.92 Å². The van der Waals surface area contributed by atoms with Crippen LogP contribution in [0.1, 0.15) is 6.92 Å². The summed E-state index contributed by atoms with van der Waals surface area (Å²) in [4.78, 5) is 31.9. The maximum absolute atomic E-state index is 10.6. The van der Waals surface area contributed by atoms with Crippen molar-refractivity contribution in [3.8, 4) is 0 Å². The van der Waals surface area contributed by atoms with Crippen LogP contribution in [0.25, 0.3) is 0 Å². The van der Waals surface area contributed by atoms with Gasteiger partial charge in [0.15, 0.2) is 0 Å². The summed E-state index contributed by atoms with van der Waals surface area (Å²) in [5.74, 6) is -0.634. The number of isocyanates is 1. The smallest absolute Gasteiger partial charge is 0.293 e. The monoisotopic (exact) mass is 171 g/mol. The quantitative estimate of drug-likeness (QED) is 0.150. The first kappa shape index (κ1) is 10.6. The van der Waals surface area contributed by atoms with Gasteiger partial charge in [-0.3, -0.25) is 4.89 Å². The standard InChI is InChI=1S/C7H9NO4/c1-6(2)7(10)12-11-4-3-8-5-9/h1,3-4H2,2H3. The Hall–Kier alpha value is -1.45. The van der Waals surface area contributed by atoms with Crippen LogP contribution in [0.2, 0.25) is 0 Å². The fraction of sp³-hybridized carbons (Fsp3) is 0.429. The lowest BCUT2D eigenvalue weighted by Crippen LogP contribution is -2.07. The zero-order chi connectivity index (χ0) is 9.40. The van der Waals surface area contributed by atoms with E-state index in [9.17, 15) is 9.59 Å². The SMILES string of the molecule is C=C(C)C(=O)OOCCN=C=O. The number of carbonyl (C=O) groups excluding carboxylic acids is 2. The summed E-state index contributed by atoms with van der Waals surface area (Å²) < 4.78 is 0. The Kier molecular flexibility index (Phi) is 5.51. The van der Waals surface area contributed by atoms with Gasteiger partial charge < -0.3 is 0 Å². The van der Waals surface area contributed by atoms with E-state index in [0.717, 1.165) is 0 Å². The highest BCUT2D eigenvalue weighted by atomic mass is 17.2. The van der Waals surface area contributed by atoms with Gasteiger partial charge in [-0.2, -0.15) is 4.89 Å². The molecular weight excluding hydrogens is 162 g/mol. The molecule has 0 heterocycles. The number of nitrogens with zero attached hydrogens (tertiary/aromatic N) is 1. The molecule has 0 spiro atoms. The molecule has 0 atom stereocenters. The van der Waals surface area contributed by atoms with Gasteiger partial charge in [-0.15, -0.1) is 0 Å². The van der Waals surface area contributed by atoms with Crippen LogP contribution >= 0.6 is 0 Å². The molecule has 0 aliphatic heterocycles. The molecule has 5 heteroatoms. The average Bonchev–Trinajstić information content (AvgIpc) is 2.03. The molecule has 0 saturated carbocycles. The number of aliphatic imine (C=N–C) groups is 1. The van der Waals surface area contributed by atoms with Gasteiger partial charge in [0.1, 0.15) is 6.61 Å². The van der Waals surface area contributed by atoms with Crippen LogP contribution in [-0.2, 0) is 19.4 Å². The molecule has 0 rings (SSSR count). The van der Waals surface area contributed by atoms with Gasteiger partial charge in [0, 0.05) is 5.57 Å². The van der Waals surface area contributed by atoms with Crippen LogP contribution in [0, 0.1) is 0 Å². The second kappa shape index (κ2) is 6.27. The van der Waals surface area contributed by atoms with E-state index >= 15 is 0 Å². The van der Waals surface area contributed by atoms with E-state index in [0.29, 0.717) is 0 Å². The average molecular weight is 171 g/mol. The molecule has 0 fully saturated rings. The first-order valence-corrected chi connectivity index (χ1v) is 3.21. The molecule has 0 aliphatic carbocycles. The van der Waals surface area contributed by atoms with Crippen LogP contribution in [0.4, 0.5) is 0 Å². The lowest BCUT2D eigenvalue weighted by Gasteiger charge is -1.99. The van der Waals surface area contributed by atoms with E-state index in [-0.39, 0.29) is 18.7 Å². The molecular formula is C7H9NO4. The van der Waals surface area contributed by atoms with Crippen molar-refractivity contribution < 1.29 is 19.4 Å². The van der Waals surface area contributed by atoms with E-state index in [1.165, 1.54) is 13.0 Å². The van der Waals surface area contributed by atoms with Crippen molar-refractivity contribution in [1.82, 2.24) is 0 Å². The van der Waals surface area contributed by atoms with Gasteiger partial charge in [0.25, 0.3) is 0 Å². The summed E-state index contributed by atoms with van der Waals surface area (Å²) in [7, 11) is 0. The number of hydrogen-bond acceptors (Lipinski definition) is 5. The maximum atomic E-state index is 10.6. The molecule has 0 bridgehead atoms. The lowest BCUT2D eigenvalue weighted by molar-refractivity contribution is -0.266. The van der Waals surface area contributed by atoms with E-state index in [2.05, 4.69) is 21.3 Å². The number of hydrogen-bond donors (Lipinski definition) is 0. The fourth-order valence-corrected chi connectivity index (χ4v) is 0.295.